The lowest BCUT2D eigenvalue weighted by Gasteiger charge is -2.14. The molecule has 1 aliphatic heterocycles. The number of rotatable bonds is 5. The SMILES string of the molecule is CCCn1nnnc1CN1CC(C)C(C(=O)O)C1. The second kappa shape index (κ2) is 5.43. The minimum Gasteiger partial charge on any atom is -0.481 e. The standard InChI is InChI=1S/C11H19N5O2/c1-3-4-16-10(12-13-14-16)7-15-5-8(2)9(6-15)11(17)18/h8-9H,3-7H2,1-2H3,(H,17,18). The Hall–Kier alpha value is -1.50. The summed E-state index contributed by atoms with van der Waals surface area (Å²) in [6.07, 6.45) is 0.978. The summed E-state index contributed by atoms with van der Waals surface area (Å²) in [5, 5.41) is 20.7. The first-order valence-corrected chi connectivity index (χ1v) is 6.32. The Bertz CT molecular complexity index is 419. The van der Waals surface area contributed by atoms with Gasteiger partial charge in [0, 0.05) is 19.6 Å². The lowest BCUT2D eigenvalue weighted by atomic mass is 9.99. The first kappa shape index (κ1) is 12.9. The van der Waals surface area contributed by atoms with E-state index in [1.807, 2.05) is 6.92 Å². The summed E-state index contributed by atoms with van der Waals surface area (Å²) in [6.45, 7) is 6.85. The molecule has 2 unspecified atom stereocenters. The van der Waals surface area contributed by atoms with Crippen LogP contribution < -0.4 is 0 Å². The van der Waals surface area contributed by atoms with Crippen LogP contribution in [-0.2, 0) is 17.9 Å². The topological polar surface area (TPSA) is 84.1 Å². The molecule has 0 aliphatic carbocycles. The number of hydrogen-bond donors (Lipinski definition) is 1. The Balaban J connectivity index is 1.98. The number of tetrazole rings is 1. The zero-order chi connectivity index (χ0) is 13.1. The van der Waals surface area contributed by atoms with Crippen molar-refractivity contribution in [2.75, 3.05) is 13.1 Å². The molecular weight excluding hydrogens is 234 g/mol. The number of carbonyl (C=O) groups is 1. The Morgan fingerprint density at radius 1 is 1.50 bits per heavy atom. The van der Waals surface area contributed by atoms with Crippen molar-refractivity contribution in [3.8, 4) is 0 Å². The molecule has 1 aromatic heterocycles. The van der Waals surface area contributed by atoms with Crippen LogP contribution in [0.4, 0.5) is 0 Å². The zero-order valence-corrected chi connectivity index (χ0v) is 10.8. The van der Waals surface area contributed by atoms with E-state index < -0.39 is 5.97 Å². The van der Waals surface area contributed by atoms with Gasteiger partial charge in [0.15, 0.2) is 5.82 Å². The molecule has 2 atom stereocenters. The van der Waals surface area contributed by atoms with Crippen molar-refractivity contribution < 1.29 is 9.90 Å². The first-order valence-electron chi connectivity index (χ1n) is 6.32. The van der Waals surface area contributed by atoms with Crippen molar-refractivity contribution in [1.29, 1.82) is 0 Å². The van der Waals surface area contributed by atoms with Gasteiger partial charge in [0.1, 0.15) is 0 Å². The fourth-order valence-electron chi connectivity index (χ4n) is 2.44. The average Bonchev–Trinajstić information content (AvgIpc) is 2.87. The summed E-state index contributed by atoms with van der Waals surface area (Å²) in [5.74, 6) is 0.00625. The van der Waals surface area contributed by atoms with Crippen molar-refractivity contribution in [3.05, 3.63) is 5.82 Å². The van der Waals surface area contributed by atoms with Crippen LogP contribution in [0.25, 0.3) is 0 Å². The van der Waals surface area contributed by atoms with Crippen molar-refractivity contribution in [2.24, 2.45) is 11.8 Å². The molecule has 7 heteroatoms. The molecular formula is C11H19N5O2. The van der Waals surface area contributed by atoms with Gasteiger partial charge in [-0.1, -0.05) is 13.8 Å². The average molecular weight is 253 g/mol. The quantitative estimate of drug-likeness (QED) is 0.809. The Morgan fingerprint density at radius 2 is 2.28 bits per heavy atom. The molecule has 1 aromatic rings. The number of carboxylic acids is 1. The van der Waals surface area contributed by atoms with E-state index in [-0.39, 0.29) is 11.8 Å². The monoisotopic (exact) mass is 253 g/mol. The second-order valence-corrected chi connectivity index (χ2v) is 4.93. The van der Waals surface area contributed by atoms with Gasteiger partial charge in [-0.25, -0.2) is 4.68 Å². The van der Waals surface area contributed by atoms with E-state index in [2.05, 4.69) is 27.3 Å². The Kier molecular flexibility index (Phi) is 3.90. The van der Waals surface area contributed by atoms with Crippen LogP contribution in [0.1, 0.15) is 26.1 Å². The van der Waals surface area contributed by atoms with Crippen LogP contribution in [0, 0.1) is 11.8 Å². The third kappa shape index (κ3) is 2.66. The summed E-state index contributed by atoms with van der Waals surface area (Å²) in [7, 11) is 0. The van der Waals surface area contributed by atoms with Crippen LogP contribution >= 0.6 is 0 Å². The Labute approximate surface area is 106 Å². The van der Waals surface area contributed by atoms with E-state index in [1.54, 1.807) is 4.68 Å². The van der Waals surface area contributed by atoms with Crippen LogP contribution in [-0.4, -0.2) is 49.3 Å². The molecule has 1 fully saturated rings. The predicted molar refractivity (Wildman–Crippen MR) is 63.7 cm³/mol. The van der Waals surface area contributed by atoms with Crippen LogP contribution in [0.3, 0.4) is 0 Å². The first-order chi connectivity index (χ1) is 8.61. The summed E-state index contributed by atoms with van der Waals surface area (Å²) in [6, 6.07) is 0. The summed E-state index contributed by atoms with van der Waals surface area (Å²) < 4.78 is 1.79. The van der Waals surface area contributed by atoms with Gasteiger partial charge < -0.3 is 5.11 Å². The fraction of sp³-hybridized carbons (Fsp3) is 0.818. The number of carboxylic acid groups (broad SMARTS) is 1. The minimum atomic E-state index is -0.710. The molecule has 1 aliphatic rings. The maximum atomic E-state index is 11.1. The van der Waals surface area contributed by atoms with E-state index in [1.165, 1.54) is 0 Å². The summed E-state index contributed by atoms with van der Waals surface area (Å²) in [4.78, 5) is 13.2. The van der Waals surface area contributed by atoms with E-state index in [9.17, 15) is 4.79 Å². The van der Waals surface area contributed by atoms with Gasteiger partial charge in [0.2, 0.25) is 0 Å². The van der Waals surface area contributed by atoms with Crippen molar-refractivity contribution in [2.45, 2.75) is 33.4 Å². The van der Waals surface area contributed by atoms with Gasteiger partial charge in [-0.15, -0.1) is 5.10 Å². The van der Waals surface area contributed by atoms with Crippen molar-refractivity contribution >= 4 is 5.97 Å². The Morgan fingerprint density at radius 3 is 2.89 bits per heavy atom. The van der Waals surface area contributed by atoms with E-state index in [0.717, 1.165) is 25.3 Å². The van der Waals surface area contributed by atoms with Crippen LogP contribution in [0.5, 0.6) is 0 Å². The van der Waals surface area contributed by atoms with Crippen LogP contribution in [0.2, 0.25) is 0 Å². The molecule has 0 bridgehead atoms. The molecule has 100 valence electrons. The molecule has 7 nitrogen and oxygen atoms in total. The highest BCUT2D eigenvalue weighted by molar-refractivity contribution is 5.71. The van der Waals surface area contributed by atoms with E-state index in [0.29, 0.717) is 13.1 Å². The molecule has 2 heterocycles. The molecule has 1 saturated heterocycles. The molecule has 0 aromatic carbocycles. The third-order valence-corrected chi connectivity index (χ3v) is 3.41. The number of aryl methyl sites for hydroxylation is 1. The maximum absolute atomic E-state index is 11.1. The minimum absolute atomic E-state index is 0.179. The normalized spacial score (nSPS) is 24.6. The molecule has 0 radical (unpaired) electrons. The molecule has 2 rings (SSSR count). The molecule has 1 N–H and O–H groups in total. The van der Waals surface area contributed by atoms with E-state index in [4.69, 9.17) is 5.11 Å². The number of aromatic nitrogens is 4. The predicted octanol–water partition coefficient (Wildman–Crippen LogP) is 0.236. The number of hydrogen-bond acceptors (Lipinski definition) is 5. The highest BCUT2D eigenvalue weighted by atomic mass is 16.4. The molecule has 0 amide bonds. The van der Waals surface area contributed by atoms with Gasteiger partial charge in [0.05, 0.1) is 12.5 Å². The van der Waals surface area contributed by atoms with Gasteiger partial charge in [0.25, 0.3) is 0 Å². The smallest absolute Gasteiger partial charge is 0.308 e. The van der Waals surface area contributed by atoms with Gasteiger partial charge in [-0.3, -0.25) is 9.69 Å². The maximum Gasteiger partial charge on any atom is 0.308 e. The molecule has 18 heavy (non-hydrogen) atoms. The zero-order valence-electron chi connectivity index (χ0n) is 10.8. The molecule has 0 spiro atoms. The van der Waals surface area contributed by atoms with Crippen molar-refractivity contribution in [3.63, 3.8) is 0 Å². The summed E-state index contributed by atoms with van der Waals surface area (Å²) >= 11 is 0. The fourth-order valence-corrected chi connectivity index (χ4v) is 2.44. The highest BCUT2D eigenvalue weighted by Gasteiger charge is 2.35. The largest absolute Gasteiger partial charge is 0.481 e. The number of aliphatic carboxylic acids is 1. The van der Waals surface area contributed by atoms with E-state index >= 15 is 0 Å². The van der Waals surface area contributed by atoms with Gasteiger partial charge in [-0.05, 0) is 22.8 Å². The molecule has 0 saturated carbocycles. The third-order valence-electron chi connectivity index (χ3n) is 3.41. The second-order valence-electron chi connectivity index (χ2n) is 4.93. The lowest BCUT2D eigenvalue weighted by Crippen LogP contribution is -2.24. The number of likely N-dealkylation sites (tertiary alicyclic amines) is 1. The van der Waals surface area contributed by atoms with Crippen molar-refractivity contribution in [1.82, 2.24) is 25.1 Å². The summed E-state index contributed by atoms with van der Waals surface area (Å²) in [5.41, 5.74) is 0. The van der Waals surface area contributed by atoms with Gasteiger partial charge in [-0.2, -0.15) is 0 Å². The lowest BCUT2D eigenvalue weighted by molar-refractivity contribution is -0.142. The van der Waals surface area contributed by atoms with Crippen LogP contribution in [0.15, 0.2) is 0 Å². The highest BCUT2D eigenvalue weighted by Crippen LogP contribution is 2.24. The van der Waals surface area contributed by atoms with Gasteiger partial charge >= 0.3 is 5.97 Å². The number of nitrogens with zero attached hydrogens (tertiary/aromatic N) is 5.